The van der Waals surface area contributed by atoms with Crippen LogP contribution in [0.25, 0.3) is 0 Å². The van der Waals surface area contributed by atoms with Crippen molar-refractivity contribution >= 4 is 17.8 Å². The lowest BCUT2D eigenvalue weighted by molar-refractivity contribution is -0.154. The van der Waals surface area contributed by atoms with Gasteiger partial charge in [0.25, 0.3) is 11.8 Å². The number of carbonyl (C=O) groups excluding carboxylic acids is 2. The van der Waals surface area contributed by atoms with E-state index in [0.29, 0.717) is 12.8 Å². The van der Waals surface area contributed by atoms with Gasteiger partial charge in [-0.3, -0.25) is 14.4 Å². The minimum absolute atomic E-state index is 0.0321. The van der Waals surface area contributed by atoms with Crippen LogP contribution in [0.4, 0.5) is 0 Å². The molecule has 4 aromatic rings. The molecule has 9 nitrogen and oxygen atoms in total. The molecule has 1 aliphatic rings. The van der Waals surface area contributed by atoms with E-state index in [-0.39, 0.29) is 29.9 Å². The van der Waals surface area contributed by atoms with Gasteiger partial charge in [-0.25, -0.2) is 4.98 Å². The third-order valence-electron chi connectivity index (χ3n) is 7.21. The lowest BCUT2D eigenvalue weighted by Crippen LogP contribution is -2.53. The van der Waals surface area contributed by atoms with Gasteiger partial charge in [0, 0.05) is 12.2 Å². The molecule has 2 amide bonds. The molecule has 1 heterocycles. The average Bonchev–Trinajstić information content (AvgIpc) is 2.99. The largest absolute Gasteiger partial charge is 0.481 e. The zero-order valence-corrected chi connectivity index (χ0v) is 22.5. The summed E-state index contributed by atoms with van der Waals surface area (Å²) in [6.45, 7) is 1.77. The monoisotopic (exact) mass is 550 g/mol. The zero-order valence-electron chi connectivity index (χ0n) is 22.5. The number of carboxylic acids is 1. The van der Waals surface area contributed by atoms with Crippen molar-refractivity contribution in [1.29, 1.82) is 0 Å². The molecule has 0 aliphatic heterocycles. The van der Waals surface area contributed by atoms with Crippen molar-refractivity contribution in [1.82, 2.24) is 20.6 Å². The van der Waals surface area contributed by atoms with Crippen molar-refractivity contribution in [2.24, 2.45) is 5.41 Å². The van der Waals surface area contributed by atoms with Gasteiger partial charge in [0.15, 0.2) is 0 Å². The number of aliphatic carboxylic acids is 1. The maximum Gasteiger partial charge on any atom is 0.309 e. The summed E-state index contributed by atoms with van der Waals surface area (Å²) in [4.78, 5) is 46.5. The van der Waals surface area contributed by atoms with Gasteiger partial charge in [0.1, 0.15) is 12.2 Å². The van der Waals surface area contributed by atoms with E-state index in [0.717, 1.165) is 16.7 Å². The van der Waals surface area contributed by atoms with E-state index in [1.165, 1.54) is 6.20 Å². The van der Waals surface area contributed by atoms with Crippen LogP contribution in [0.3, 0.4) is 0 Å². The number of carbonyl (C=O) groups is 3. The Kier molecular flexibility index (Phi) is 8.05. The second-order valence-electron chi connectivity index (χ2n) is 10.4. The first-order valence-corrected chi connectivity index (χ1v) is 13.3. The third-order valence-corrected chi connectivity index (χ3v) is 7.21. The van der Waals surface area contributed by atoms with Gasteiger partial charge in [0.05, 0.1) is 11.5 Å². The van der Waals surface area contributed by atoms with E-state index in [1.54, 1.807) is 6.92 Å². The molecule has 3 N–H and O–H groups in total. The number of hydrogen-bond donors (Lipinski definition) is 3. The van der Waals surface area contributed by atoms with E-state index < -0.39 is 29.2 Å². The number of rotatable bonds is 10. The normalized spacial score (nSPS) is 17.8. The van der Waals surface area contributed by atoms with Crippen LogP contribution < -0.4 is 15.4 Å². The van der Waals surface area contributed by atoms with Gasteiger partial charge in [-0.15, -0.1) is 0 Å². The fourth-order valence-electron chi connectivity index (χ4n) is 4.88. The van der Waals surface area contributed by atoms with Gasteiger partial charge in [-0.2, -0.15) is 4.98 Å². The Morgan fingerprint density at radius 3 is 2.02 bits per heavy atom. The minimum atomic E-state index is -0.893. The van der Waals surface area contributed by atoms with E-state index >= 15 is 0 Å². The van der Waals surface area contributed by atoms with Crippen molar-refractivity contribution < 1.29 is 24.2 Å². The molecule has 5 rings (SSSR count). The molecular weight excluding hydrogens is 520 g/mol. The van der Waals surface area contributed by atoms with Gasteiger partial charge >= 0.3 is 5.97 Å². The average molecular weight is 551 g/mol. The summed E-state index contributed by atoms with van der Waals surface area (Å²) in [5.74, 6) is -2.12. The van der Waals surface area contributed by atoms with E-state index in [2.05, 4.69) is 20.6 Å². The van der Waals surface area contributed by atoms with Crippen LogP contribution in [-0.4, -0.2) is 38.9 Å². The molecule has 0 radical (unpaired) electrons. The minimum Gasteiger partial charge on any atom is -0.481 e. The number of nitrogens with one attached hydrogen (secondary N) is 2. The number of ether oxygens (including phenoxy) is 1. The summed E-state index contributed by atoms with van der Waals surface area (Å²) in [6, 6.07) is 27.8. The molecule has 0 saturated heterocycles. The second kappa shape index (κ2) is 12.0. The van der Waals surface area contributed by atoms with Crippen LogP contribution in [0.15, 0.2) is 97.2 Å². The topological polar surface area (TPSA) is 131 Å². The molecule has 208 valence electrons. The van der Waals surface area contributed by atoms with Crippen LogP contribution >= 0.6 is 0 Å². The van der Waals surface area contributed by atoms with Gasteiger partial charge in [0.2, 0.25) is 11.7 Å². The van der Waals surface area contributed by atoms with Gasteiger partial charge < -0.3 is 20.5 Å². The van der Waals surface area contributed by atoms with Crippen LogP contribution in [0.5, 0.6) is 5.88 Å². The highest BCUT2D eigenvalue weighted by Crippen LogP contribution is 2.40. The molecular formula is C32H30N4O5. The summed E-state index contributed by atoms with van der Waals surface area (Å²) in [5, 5.41) is 15.2. The Labute approximate surface area is 237 Å². The third kappa shape index (κ3) is 6.41. The smallest absolute Gasteiger partial charge is 0.309 e. The molecule has 1 fully saturated rings. The second-order valence-corrected chi connectivity index (χ2v) is 10.4. The van der Waals surface area contributed by atoms with Crippen molar-refractivity contribution in [3.63, 3.8) is 0 Å². The fourth-order valence-corrected chi connectivity index (χ4v) is 4.88. The number of benzene rings is 3. The maximum absolute atomic E-state index is 13.7. The van der Waals surface area contributed by atoms with Crippen molar-refractivity contribution in [3.05, 3.63) is 125 Å². The molecule has 3 aromatic carbocycles. The number of carboxylic acid groups (broad SMARTS) is 1. The lowest BCUT2D eigenvalue weighted by atomic mass is 9.67. The van der Waals surface area contributed by atoms with Gasteiger partial charge in [-0.1, -0.05) is 91.0 Å². The molecule has 1 saturated carbocycles. The van der Waals surface area contributed by atoms with Crippen molar-refractivity contribution in [2.75, 3.05) is 0 Å². The first kappa shape index (κ1) is 27.5. The van der Waals surface area contributed by atoms with E-state index in [9.17, 15) is 19.5 Å². The summed E-state index contributed by atoms with van der Waals surface area (Å²) in [6.07, 6.45) is 1.91. The van der Waals surface area contributed by atoms with Crippen LogP contribution in [0, 0.1) is 5.41 Å². The lowest BCUT2D eigenvalue weighted by Gasteiger charge is -2.41. The Bertz CT molecular complexity index is 1480. The molecule has 1 aromatic heterocycles. The highest BCUT2D eigenvalue weighted by molar-refractivity contribution is 5.97. The summed E-state index contributed by atoms with van der Waals surface area (Å²) >= 11 is 0. The summed E-state index contributed by atoms with van der Waals surface area (Å²) in [7, 11) is 0. The number of nitrogens with zero attached hydrogens (tertiary/aromatic N) is 2. The van der Waals surface area contributed by atoms with Crippen LogP contribution in [0.1, 0.15) is 63.5 Å². The molecule has 41 heavy (non-hydrogen) atoms. The Balaban J connectivity index is 1.40. The Hall–Kier alpha value is -5.05. The number of hydrogen-bond acceptors (Lipinski definition) is 6. The maximum atomic E-state index is 13.7. The Morgan fingerprint density at radius 2 is 1.46 bits per heavy atom. The van der Waals surface area contributed by atoms with Crippen molar-refractivity contribution in [3.8, 4) is 5.88 Å². The first-order chi connectivity index (χ1) is 19.8. The predicted octanol–water partition coefficient (Wildman–Crippen LogP) is 4.56. The number of amides is 2. The Morgan fingerprint density at radius 1 is 0.902 bits per heavy atom. The van der Waals surface area contributed by atoms with Crippen LogP contribution in [-0.2, 0) is 11.4 Å². The molecule has 0 atom stereocenters. The molecule has 0 unspecified atom stereocenters. The summed E-state index contributed by atoms with van der Waals surface area (Å²) < 4.78 is 5.97. The highest BCUT2D eigenvalue weighted by atomic mass is 16.5. The standard InChI is InChI=1S/C32H30N4O5/c1-32(31(39)40)17-24(18-32)34-29(38)27-33-19-25(30(36-27)41-20-21-11-5-2-6-12-21)28(37)35-26(22-13-7-3-8-14-22)23-15-9-4-10-16-23/h2-16,19,24,26H,17-18,20H2,1H3,(H,34,38)(H,35,37)(H,39,40)/t24-,32-. The summed E-state index contributed by atoms with van der Waals surface area (Å²) in [5.41, 5.74) is 1.86. The zero-order chi connectivity index (χ0) is 28.8. The van der Waals surface area contributed by atoms with Gasteiger partial charge in [-0.05, 0) is 36.5 Å². The molecule has 0 bridgehead atoms. The van der Waals surface area contributed by atoms with E-state index in [4.69, 9.17) is 4.74 Å². The molecule has 1 aliphatic carbocycles. The predicted molar refractivity (Wildman–Crippen MR) is 151 cm³/mol. The number of aromatic nitrogens is 2. The molecule has 9 heteroatoms. The van der Waals surface area contributed by atoms with E-state index in [1.807, 2.05) is 91.0 Å². The fraction of sp³-hybridized carbons (Fsp3) is 0.219. The highest BCUT2D eigenvalue weighted by Gasteiger charge is 2.47. The first-order valence-electron chi connectivity index (χ1n) is 13.3. The van der Waals surface area contributed by atoms with Crippen LogP contribution in [0.2, 0.25) is 0 Å². The quantitative estimate of drug-likeness (QED) is 0.264. The SMILES string of the molecule is C[C@]1(C(=O)O)C[C@H](NC(=O)c2ncc(C(=O)NC(c3ccccc3)c3ccccc3)c(OCc3ccccc3)n2)C1. The molecule has 0 spiro atoms. The van der Waals surface area contributed by atoms with Crippen molar-refractivity contribution in [2.45, 2.75) is 38.5 Å².